The van der Waals surface area contributed by atoms with Crippen molar-refractivity contribution in [2.24, 2.45) is 5.92 Å². The van der Waals surface area contributed by atoms with Gasteiger partial charge in [-0.05, 0) is 43.0 Å². The lowest BCUT2D eigenvalue weighted by molar-refractivity contribution is -0.137. The Bertz CT molecular complexity index is 480. The van der Waals surface area contributed by atoms with E-state index in [0.717, 1.165) is 16.0 Å². The highest BCUT2D eigenvalue weighted by Crippen LogP contribution is 2.29. The van der Waals surface area contributed by atoms with Crippen LogP contribution in [0.4, 0.5) is 0 Å². The van der Waals surface area contributed by atoms with Gasteiger partial charge in [-0.1, -0.05) is 19.9 Å². The van der Waals surface area contributed by atoms with Crippen LogP contribution in [0.3, 0.4) is 0 Å². The second-order valence-corrected chi connectivity index (χ2v) is 6.43. The number of amides is 1. The highest BCUT2D eigenvalue weighted by atomic mass is 32.2. The number of thioether (sulfide) groups is 1. The van der Waals surface area contributed by atoms with Crippen molar-refractivity contribution in [3.05, 3.63) is 29.3 Å². The zero-order chi connectivity index (χ0) is 15.3. The highest BCUT2D eigenvalue weighted by molar-refractivity contribution is 8.00. The minimum atomic E-state index is -1.03. The first-order valence-electron chi connectivity index (χ1n) is 6.54. The van der Waals surface area contributed by atoms with Gasteiger partial charge in [0.25, 0.3) is 0 Å². The molecule has 1 atom stereocenters. The molecule has 0 radical (unpaired) electrons. The lowest BCUT2D eigenvalue weighted by Crippen LogP contribution is -2.38. The van der Waals surface area contributed by atoms with Crippen molar-refractivity contribution in [1.29, 1.82) is 0 Å². The molecule has 0 spiro atoms. The number of carboxylic acids is 1. The van der Waals surface area contributed by atoms with Crippen LogP contribution in [0, 0.1) is 19.8 Å². The van der Waals surface area contributed by atoms with Gasteiger partial charge in [0.15, 0.2) is 0 Å². The van der Waals surface area contributed by atoms with Gasteiger partial charge in [0, 0.05) is 4.90 Å². The number of benzene rings is 1. The molecule has 1 amide bonds. The first-order valence-corrected chi connectivity index (χ1v) is 7.42. The van der Waals surface area contributed by atoms with Crippen molar-refractivity contribution in [2.75, 3.05) is 6.54 Å². The number of hydrogen-bond donors (Lipinski definition) is 2. The third kappa shape index (κ3) is 5.25. The summed E-state index contributed by atoms with van der Waals surface area (Å²) >= 11 is 1.48. The van der Waals surface area contributed by atoms with Gasteiger partial charge in [0.05, 0.1) is 5.25 Å². The predicted octanol–water partition coefficient (Wildman–Crippen LogP) is 2.62. The van der Waals surface area contributed by atoms with Crippen LogP contribution in [-0.4, -0.2) is 28.8 Å². The molecule has 0 saturated heterocycles. The van der Waals surface area contributed by atoms with Crippen molar-refractivity contribution in [1.82, 2.24) is 5.32 Å². The second kappa shape index (κ2) is 7.33. The van der Waals surface area contributed by atoms with Gasteiger partial charge in [-0.3, -0.25) is 9.59 Å². The van der Waals surface area contributed by atoms with E-state index in [2.05, 4.69) is 11.4 Å². The van der Waals surface area contributed by atoms with E-state index in [1.807, 2.05) is 39.8 Å². The van der Waals surface area contributed by atoms with Gasteiger partial charge >= 0.3 is 5.97 Å². The van der Waals surface area contributed by atoms with Crippen molar-refractivity contribution in [3.63, 3.8) is 0 Å². The van der Waals surface area contributed by atoms with Crippen LogP contribution >= 0.6 is 11.8 Å². The molecule has 0 aliphatic rings. The molecule has 110 valence electrons. The molecule has 2 N–H and O–H groups in total. The molecule has 0 bridgehead atoms. The number of carbonyl (C=O) groups excluding carboxylic acids is 1. The lowest BCUT2D eigenvalue weighted by atomic mass is 10.1. The molecule has 0 fully saturated rings. The van der Waals surface area contributed by atoms with E-state index in [9.17, 15) is 9.59 Å². The van der Waals surface area contributed by atoms with Crippen LogP contribution in [0.15, 0.2) is 23.1 Å². The number of rotatable bonds is 6. The molecule has 1 aromatic rings. The zero-order valence-electron chi connectivity index (χ0n) is 12.3. The second-order valence-electron chi connectivity index (χ2n) is 5.22. The Kier molecular flexibility index (Phi) is 6.07. The fourth-order valence-electron chi connectivity index (χ4n) is 1.90. The summed E-state index contributed by atoms with van der Waals surface area (Å²) in [5, 5.41) is 10.8. The Hall–Kier alpha value is -1.49. The Morgan fingerprint density at radius 1 is 1.20 bits per heavy atom. The van der Waals surface area contributed by atoms with Crippen LogP contribution in [0.5, 0.6) is 0 Å². The average molecular weight is 295 g/mol. The van der Waals surface area contributed by atoms with Crippen molar-refractivity contribution in [2.45, 2.75) is 37.8 Å². The SMILES string of the molecule is Cc1cc(C)cc(SC(C(=O)NCC(=O)O)C(C)C)c1. The van der Waals surface area contributed by atoms with Gasteiger partial charge < -0.3 is 10.4 Å². The molecule has 20 heavy (non-hydrogen) atoms. The third-order valence-electron chi connectivity index (χ3n) is 2.74. The molecular formula is C15H21NO3S. The Morgan fingerprint density at radius 2 is 1.75 bits per heavy atom. The average Bonchev–Trinajstić information content (AvgIpc) is 2.31. The molecule has 0 aliphatic carbocycles. The van der Waals surface area contributed by atoms with Crippen molar-refractivity contribution < 1.29 is 14.7 Å². The molecule has 0 saturated carbocycles. The fourth-order valence-corrected chi connectivity index (χ4v) is 3.17. The Morgan fingerprint density at radius 3 is 2.20 bits per heavy atom. The monoisotopic (exact) mass is 295 g/mol. The van der Waals surface area contributed by atoms with Crippen LogP contribution < -0.4 is 5.32 Å². The number of nitrogens with one attached hydrogen (secondary N) is 1. The molecule has 1 aromatic carbocycles. The third-order valence-corrected chi connectivity index (χ3v) is 4.26. The van der Waals surface area contributed by atoms with E-state index in [0.29, 0.717) is 0 Å². The largest absolute Gasteiger partial charge is 0.480 e. The standard InChI is InChI=1S/C15H21NO3S/c1-9(2)14(15(19)16-8-13(17)18)20-12-6-10(3)5-11(4)7-12/h5-7,9,14H,8H2,1-4H3,(H,16,19)(H,17,18). The normalized spacial score (nSPS) is 12.2. The first kappa shape index (κ1) is 16.6. The summed E-state index contributed by atoms with van der Waals surface area (Å²) in [6, 6.07) is 6.16. The number of hydrogen-bond acceptors (Lipinski definition) is 3. The molecular weight excluding hydrogens is 274 g/mol. The topological polar surface area (TPSA) is 66.4 Å². The summed E-state index contributed by atoms with van der Waals surface area (Å²) in [4.78, 5) is 23.6. The number of carbonyl (C=O) groups is 2. The fraction of sp³-hybridized carbons (Fsp3) is 0.467. The van der Waals surface area contributed by atoms with Gasteiger partial charge in [0.1, 0.15) is 6.54 Å². The van der Waals surface area contributed by atoms with Crippen LogP contribution in [0.25, 0.3) is 0 Å². The van der Waals surface area contributed by atoms with Crippen LogP contribution in [0.1, 0.15) is 25.0 Å². The first-order chi connectivity index (χ1) is 9.29. The van der Waals surface area contributed by atoms with Crippen LogP contribution in [0.2, 0.25) is 0 Å². The minimum absolute atomic E-state index is 0.120. The molecule has 5 heteroatoms. The van der Waals surface area contributed by atoms with Crippen molar-refractivity contribution >= 4 is 23.6 Å². The highest BCUT2D eigenvalue weighted by Gasteiger charge is 2.23. The zero-order valence-corrected chi connectivity index (χ0v) is 13.1. The number of aliphatic carboxylic acids is 1. The maximum atomic E-state index is 12.1. The molecule has 1 unspecified atom stereocenters. The van der Waals surface area contributed by atoms with Gasteiger partial charge in [0.2, 0.25) is 5.91 Å². The number of aryl methyl sites for hydroxylation is 2. The summed E-state index contributed by atoms with van der Waals surface area (Å²) in [5.41, 5.74) is 2.31. The van der Waals surface area contributed by atoms with E-state index in [-0.39, 0.29) is 23.6 Å². The van der Waals surface area contributed by atoms with E-state index >= 15 is 0 Å². The molecule has 0 heterocycles. The van der Waals surface area contributed by atoms with E-state index < -0.39 is 5.97 Å². The molecule has 0 aliphatic heterocycles. The van der Waals surface area contributed by atoms with E-state index in [1.165, 1.54) is 11.8 Å². The van der Waals surface area contributed by atoms with Crippen LogP contribution in [-0.2, 0) is 9.59 Å². The summed E-state index contributed by atoms with van der Waals surface area (Å²) in [5.74, 6) is -1.14. The van der Waals surface area contributed by atoms with Gasteiger partial charge in [-0.15, -0.1) is 11.8 Å². The Balaban J connectivity index is 2.81. The smallest absolute Gasteiger partial charge is 0.322 e. The maximum Gasteiger partial charge on any atom is 0.322 e. The summed E-state index contributed by atoms with van der Waals surface area (Å²) in [6.07, 6.45) is 0. The quantitative estimate of drug-likeness (QED) is 0.792. The van der Waals surface area contributed by atoms with Gasteiger partial charge in [-0.25, -0.2) is 0 Å². The molecule has 4 nitrogen and oxygen atoms in total. The lowest BCUT2D eigenvalue weighted by Gasteiger charge is -2.19. The predicted molar refractivity (Wildman–Crippen MR) is 81.0 cm³/mol. The summed E-state index contributed by atoms with van der Waals surface area (Å²) < 4.78 is 0. The maximum absolute atomic E-state index is 12.1. The minimum Gasteiger partial charge on any atom is -0.480 e. The van der Waals surface area contributed by atoms with E-state index in [4.69, 9.17) is 5.11 Å². The summed E-state index contributed by atoms with van der Waals surface area (Å²) in [7, 11) is 0. The van der Waals surface area contributed by atoms with Gasteiger partial charge in [-0.2, -0.15) is 0 Å². The molecule has 1 rings (SSSR count). The summed E-state index contributed by atoms with van der Waals surface area (Å²) in [6.45, 7) is 7.62. The molecule has 0 aromatic heterocycles. The Labute approximate surface area is 124 Å². The van der Waals surface area contributed by atoms with E-state index in [1.54, 1.807) is 0 Å². The number of carboxylic acid groups (broad SMARTS) is 1. The van der Waals surface area contributed by atoms with Crippen molar-refractivity contribution in [3.8, 4) is 0 Å².